The van der Waals surface area contributed by atoms with Crippen LogP contribution in [0.5, 0.6) is 0 Å². The summed E-state index contributed by atoms with van der Waals surface area (Å²) in [4.78, 5) is 11.4. The standard InChI is InChI=1S/C15H26N4/c1-4-15(5-2)6-8-19(9-7-15)14-17-12(3)10-13(11-16)18-14/h10H,4-9,11,16H2,1-3H3. The third-order valence-corrected chi connectivity index (χ3v) is 4.71. The van der Waals surface area contributed by atoms with Gasteiger partial charge in [-0.2, -0.15) is 0 Å². The van der Waals surface area contributed by atoms with Gasteiger partial charge in [-0.3, -0.25) is 0 Å². The monoisotopic (exact) mass is 262 g/mol. The Morgan fingerprint density at radius 2 is 1.84 bits per heavy atom. The van der Waals surface area contributed by atoms with E-state index >= 15 is 0 Å². The van der Waals surface area contributed by atoms with Crippen molar-refractivity contribution < 1.29 is 0 Å². The van der Waals surface area contributed by atoms with E-state index in [2.05, 4.69) is 28.7 Å². The number of hydrogen-bond donors (Lipinski definition) is 1. The first-order valence-electron chi connectivity index (χ1n) is 7.42. The number of hydrogen-bond acceptors (Lipinski definition) is 4. The molecule has 2 heterocycles. The smallest absolute Gasteiger partial charge is 0.225 e. The van der Waals surface area contributed by atoms with Gasteiger partial charge in [-0.15, -0.1) is 0 Å². The van der Waals surface area contributed by atoms with Crippen molar-refractivity contribution in [2.75, 3.05) is 18.0 Å². The number of piperidine rings is 1. The molecule has 0 unspecified atom stereocenters. The molecule has 2 N–H and O–H groups in total. The van der Waals surface area contributed by atoms with Crippen molar-refractivity contribution >= 4 is 5.95 Å². The molecule has 1 fully saturated rings. The van der Waals surface area contributed by atoms with Gasteiger partial charge in [0, 0.05) is 25.3 Å². The lowest BCUT2D eigenvalue weighted by Gasteiger charge is -2.41. The van der Waals surface area contributed by atoms with Gasteiger partial charge in [-0.1, -0.05) is 26.7 Å². The summed E-state index contributed by atoms with van der Waals surface area (Å²) in [5.74, 6) is 0.862. The second kappa shape index (κ2) is 5.87. The zero-order valence-electron chi connectivity index (χ0n) is 12.4. The molecule has 1 aliphatic heterocycles. The molecular weight excluding hydrogens is 236 g/mol. The Morgan fingerprint density at radius 1 is 1.21 bits per heavy atom. The van der Waals surface area contributed by atoms with Gasteiger partial charge in [-0.25, -0.2) is 9.97 Å². The van der Waals surface area contributed by atoms with E-state index in [4.69, 9.17) is 5.73 Å². The minimum atomic E-state index is 0.484. The normalized spacial score (nSPS) is 18.6. The summed E-state index contributed by atoms with van der Waals surface area (Å²) < 4.78 is 0. The third kappa shape index (κ3) is 3.06. The minimum Gasteiger partial charge on any atom is -0.341 e. The molecule has 0 amide bonds. The maximum Gasteiger partial charge on any atom is 0.225 e. The molecule has 0 aromatic carbocycles. The van der Waals surface area contributed by atoms with Crippen LogP contribution < -0.4 is 10.6 Å². The van der Waals surface area contributed by atoms with Crippen LogP contribution in [0, 0.1) is 12.3 Å². The van der Waals surface area contributed by atoms with Gasteiger partial charge >= 0.3 is 0 Å². The second-order valence-corrected chi connectivity index (χ2v) is 5.70. The molecule has 0 atom stereocenters. The van der Waals surface area contributed by atoms with Crippen LogP contribution in [0.3, 0.4) is 0 Å². The van der Waals surface area contributed by atoms with Crippen molar-refractivity contribution in [3.8, 4) is 0 Å². The topological polar surface area (TPSA) is 55.0 Å². The summed E-state index contributed by atoms with van der Waals surface area (Å²) in [5.41, 5.74) is 8.18. The molecule has 0 saturated carbocycles. The van der Waals surface area contributed by atoms with E-state index < -0.39 is 0 Å². The Kier molecular flexibility index (Phi) is 4.40. The molecule has 0 bridgehead atoms. The first-order chi connectivity index (χ1) is 9.12. The lowest BCUT2D eigenvalue weighted by molar-refractivity contribution is 0.198. The summed E-state index contributed by atoms with van der Waals surface area (Å²) in [6.45, 7) is 9.25. The van der Waals surface area contributed by atoms with Crippen LogP contribution in [0.15, 0.2) is 6.07 Å². The summed E-state index contributed by atoms with van der Waals surface area (Å²) in [7, 11) is 0. The van der Waals surface area contributed by atoms with Crippen molar-refractivity contribution in [2.45, 2.75) is 53.0 Å². The Bertz CT molecular complexity index is 416. The Labute approximate surface area is 116 Å². The number of aryl methyl sites for hydroxylation is 1. The highest BCUT2D eigenvalue weighted by molar-refractivity contribution is 5.33. The predicted molar refractivity (Wildman–Crippen MR) is 79.1 cm³/mol. The number of nitrogens with zero attached hydrogens (tertiary/aromatic N) is 3. The van der Waals surface area contributed by atoms with E-state index in [9.17, 15) is 0 Å². The highest BCUT2D eigenvalue weighted by atomic mass is 15.3. The average molecular weight is 262 g/mol. The molecule has 0 spiro atoms. The van der Waals surface area contributed by atoms with Crippen LogP contribution in [-0.4, -0.2) is 23.1 Å². The van der Waals surface area contributed by atoms with Crippen LogP contribution in [0.4, 0.5) is 5.95 Å². The van der Waals surface area contributed by atoms with E-state index in [0.717, 1.165) is 30.4 Å². The summed E-state index contributed by atoms with van der Waals surface area (Å²) in [5, 5.41) is 0. The van der Waals surface area contributed by atoms with Crippen LogP contribution in [0.1, 0.15) is 50.9 Å². The van der Waals surface area contributed by atoms with Crippen molar-refractivity contribution in [3.63, 3.8) is 0 Å². The molecule has 0 radical (unpaired) electrons. The highest BCUT2D eigenvalue weighted by Crippen LogP contribution is 2.38. The van der Waals surface area contributed by atoms with Gasteiger partial charge in [0.15, 0.2) is 0 Å². The molecule has 4 nitrogen and oxygen atoms in total. The molecule has 1 aromatic rings. The lowest BCUT2D eigenvalue weighted by Crippen LogP contribution is -2.40. The van der Waals surface area contributed by atoms with Crippen molar-refractivity contribution in [1.29, 1.82) is 0 Å². The second-order valence-electron chi connectivity index (χ2n) is 5.70. The fourth-order valence-electron chi connectivity index (χ4n) is 3.00. The molecule has 19 heavy (non-hydrogen) atoms. The Hall–Kier alpha value is -1.16. The number of aromatic nitrogens is 2. The van der Waals surface area contributed by atoms with Gasteiger partial charge in [0.05, 0.1) is 5.69 Å². The van der Waals surface area contributed by atoms with Gasteiger partial charge in [0.25, 0.3) is 0 Å². The van der Waals surface area contributed by atoms with Gasteiger partial charge in [-0.05, 0) is 31.2 Å². The molecular formula is C15H26N4. The lowest BCUT2D eigenvalue weighted by atomic mass is 9.74. The zero-order chi connectivity index (χ0) is 13.9. The fraction of sp³-hybridized carbons (Fsp3) is 0.733. The van der Waals surface area contributed by atoms with Crippen LogP contribution in [0.2, 0.25) is 0 Å². The molecule has 1 aromatic heterocycles. The average Bonchev–Trinajstić information content (AvgIpc) is 2.46. The predicted octanol–water partition coefficient (Wildman–Crippen LogP) is 2.65. The molecule has 4 heteroatoms. The van der Waals surface area contributed by atoms with Crippen LogP contribution >= 0.6 is 0 Å². The number of nitrogens with two attached hydrogens (primary N) is 1. The van der Waals surface area contributed by atoms with Crippen LogP contribution in [-0.2, 0) is 6.54 Å². The van der Waals surface area contributed by atoms with E-state index in [1.807, 2.05) is 13.0 Å². The Morgan fingerprint density at radius 3 is 2.37 bits per heavy atom. The maximum atomic E-state index is 5.69. The first kappa shape index (κ1) is 14.3. The van der Waals surface area contributed by atoms with Gasteiger partial charge in [0.2, 0.25) is 5.95 Å². The van der Waals surface area contributed by atoms with Crippen LogP contribution in [0.25, 0.3) is 0 Å². The molecule has 106 valence electrons. The van der Waals surface area contributed by atoms with E-state index in [0.29, 0.717) is 12.0 Å². The summed E-state index contributed by atoms with van der Waals surface area (Å²) in [6, 6.07) is 1.97. The van der Waals surface area contributed by atoms with Crippen molar-refractivity contribution in [3.05, 3.63) is 17.5 Å². The SMILES string of the molecule is CCC1(CC)CCN(c2nc(C)cc(CN)n2)CC1. The number of rotatable bonds is 4. The van der Waals surface area contributed by atoms with E-state index in [1.54, 1.807) is 0 Å². The third-order valence-electron chi connectivity index (χ3n) is 4.71. The molecule has 2 rings (SSSR count). The molecule has 1 aliphatic rings. The van der Waals surface area contributed by atoms with Gasteiger partial charge < -0.3 is 10.6 Å². The van der Waals surface area contributed by atoms with E-state index in [1.165, 1.54) is 25.7 Å². The summed E-state index contributed by atoms with van der Waals surface area (Å²) >= 11 is 0. The highest BCUT2D eigenvalue weighted by Gasteiger charge is 2.32. The number of anilines is 1. The zero-order valence-corrected chi connectivity index (χ0v) is 12.4. The largest absolute Gasteiger partial charge is 0.341 e. The Balaban J connectivity index is 2.11. The summed E-state index contributed by atoms with van der Waals surface area (Å²) in [6.07, 6.45) is 5.05. The first-order valence-corrected chi connectivity index (χ1v) is 7.42. The minimum absolute atomic E-state index is 0.484. The van der Waals surface area contributed by atoms with Crippen molar-refractivity contribution in [1.82, 2.24) is 9.97 Å². The molecule has 1 saturated heterocycles. The maximum absolute atomic E-state index is 5.69. The van der Waals surface area contributed by atoms with Gasteiger partial charge in [0.1, 0.15) is 0 Å². The quantitative estimate of drug-likeness (QED) is 0.906. The fourth-order valence-corrected chi connectivity index (χ4v) is 3.00. The van der Waals surface area contributed by atoms with E-state index in [-0.39, 0.29) is 0 Å². The molecule has 0 aliphatic carbocycles. The van der Waals surface area contributed by atoms with Crippen molar-refractivity contribution in [2.24, 2.45) is 11.1 Å².